The molecule has 4 nitrogen and oxygen atoms in total. The first kappa shape index (κ1) is 18.5. The lowest BCUT2D eigenvalue weighted by molar-refractivity contribution is 0.0935. The lowest BCUT2D eigenvalue weighted by Gasteiger charge is -2.16. The SMILES string of the molecule is CC(C)c1ccc2c(c1)C(NC(=O)c1cnn(C)c1Cc1ccccc1)CC2. The van der Waals surface area contributed by atoms with Gasteiger partial charge in [-0.2, -0.15) is 5.10 Å². The molecule has 0 aliphatic heterocycles. The smallest absolute Gasteiger partial charge is 0.255 e. The van der Waals surface area contributed by atoms with Crippen molar-refractivity contribution in [3.05, 3.63) is 88.2 Å². The van der Waals surface area contributed by atoms with E-state index in [1.165, 1.54) is 22.3 Å². The number of aryl methyl sites for hydroxylation is 2. The molecule has 4 heteroatoms. The van der Waals surface area contributed by atoms with Crippen molar-refractivity contribution < 1.29 is 4.79 Å². The van der Waals surface area contributed by atoms with Crippen LogP contribution in [0.4, 0.5) is 0 Å². The zero-order valence-electron chi connectivity index (χ0n) is 16.8. The topological polar surface area (TPSA) is 46.9 Å². The summed E-state index contributed by atoms with van der Waals surface area (Å²) >= 11 is 0. The van der Waals surface area contributed by atoms with Gasteiger partial charge in [0.05, 0.1) is 23.5 Å². The number of rotatable bonds is 5. The number of carbonyl (C=O) groups excluding carboxylic acids is 1. The van der Waals surface area contributed by atoms with Gasteiger partial charge in [0.1, 0.15) is 0 Å². The Morgan fingerprint density at radius 1 is 1.21 bits per heavy atom. The molecule has 1 N–H and O–H groups in total. The molecule has 1 heterocycles. The predicted octanol–water partition coefficient (Wildman–Crippen LogP) is 4.55. The van der Waals surface area contributed by atoms with Crippen molar-refractivity contribution in [1.29, 1.82) is 0 Å². The fourth-order valence-electron chi connectivity index (χ4n) is 4.02. The molecule has 0 fully saturated rings. The van der Waals surface area contributed by atoms with Crippen molar-refractivity contribution in [1.82, 2.24) is 15.1 Å². The van der Waals surface area contributed by atoms with Crippen LogP contribution in [0.2, 0.25) is 0 Å². The van der Waals surface area contributed by atoms with Crippen molar-refractivity contribution in [2.45, 2.75) is 45.1 Å². The molecule has 1 atom stereocenters. The third-order valence-corrected chi connectivity index (χ3v) is 5.74. The highest BCUT2D eigenvalue weighted by Crippen LogP contribution is 2.33. The summed E-state index contributed by atoms with van der Waals surface area (Å²) in [7, 11) is 1.90. The average Bonchev–Trinajstić information content (AvgIpc) is 3.26. The quantitative estimate of drug-likeness (QED) is 0.713. The van der Waals surface area contributed by atoms with Crippen LogP contribution in [0.3, 0.4) is 0 Å². The normalized spacial score (nSPS) is 15.6. The highest BCUT2D eigenvalue weighted by Gasteiger charge is 2.26. The Bertz CT molecular complexity index is 988. The van der Waals surface area contributed by atoms with Gasteiger partial charge in [-0.1, -0.05) is 62.4 Å². The zero-order valence-corrected chi connectivity index (χ0v) is 16.8. The molecule has 28 heavy (non-hydrogen) atoms. The van der Waals surface area contributed by atoms with E-state index in [1.807, 2.05) is 25.2 Å². The Morgan fingerprint density at radius 2 is 2.00 bits per heavy atom. The second kappa shape index (κ2) is 7.63. The molecule has 144 valence electrons. The Kier molecular flexibility index (Phi) is 5.03. The van der Waals surface area contributed by atoms with Gasteiger partial charge in [-0.15, -0.1) is 0 Å². The maximum absolute atomic E-state index is 13.1. The standard InChI is InChI=1S/C24H27N3O/c1-16(2)19-10-9-18-11-12-22(20(18)14-19)26-24(28)21-15-25-27(3)23(21)13-17-7-5-4-6-8-17/h4-10,14-16,22H,11-13H2,1-3H3,(H,26,28). The Balaban J connectivity index is 1.56. The molecule has 1 aliphatic carbocycles. The minimum atomic E-state index is -0.0353. The number of aromatic nitrogens is 2. The van der Waals surface area contributed by atoms with E-state index in [9.17, 15) is 4.79 Å². The molecule has 4 rings (SSSR count). The molecule has 0 saturated heterocycles. The zero-order chi connectivity index (χ0) is 19.7. The van der Waals surface area contributed by atoms with Gasteiger partial charge < -0.3 is 5.32 Å². The van der Waals surface area contributed by atoms with Crippen LogP contribution < -0.4 is 5.32 Å². The number of benzene rings is 2. The monoisotopic (exact) mass is 373 g/mol. The van der Waals surface area contributed by atoms with E-state index in [1.54, 1.807) is 10.9 Å². The van der Waals surface area contributed by atoms with Gasteiger partial charge in [0.15, 0.2) is 0 Å². The van der Waals surface area contributed by atoms with E-state index in [0.717, 1.165) is 18.5 Å². The van der Waals surface area contributed by atoms with Crippen molar-refractivity contribution in [2.75, 3.05) is 0 Å². The summed E-state index contributed by atoms with van der Waals surface area (Å²) in [6, 6.07) is 17.0. The largest absolute Gasteiger partial charge is 0.345 e. The molecular weight excluding hydrogens is 346 g/mol. The molecule has 0 bridgehead atoms. The molecule has 0 saturated carbocycles. The van der Waals surface area contributed by atoms with Crippen molar-refractivity contribution >= 4 is 5.91 Å². The highest BCUT2D eigenvalue weighted by molar-refractivity contribution is 5.95. The molecule has 1 aromatic heterocycles. The lowest BCUT2D eigenvalue weighted by atomic mass is 9.97. The first-order chi connectivity index (χ1) is 13.5. The second-order valence-corrected chi connectivity index (χ2v) is 7.97. The third kappa shape index (κ3) is 3.59. The number of hydrogen-bond acceptors (Lipinski definition) is 2. The van der Waals surface area contributed by atoms with Gasteiger partial charge in [-0.05, 0) is 41.0 Å². The number of fused-ring (bicyclic) bond motifs is 1. The van der Waals surface area contributed by atoms with E-state index in [0.29, 0.717) is 17.9 Å². The van der Waals surface area contributed by atoms with Crippen molar-refractivity contribution in [2.24, 2.45) is 7.05 Å². The molecule has 1 unspecified atom stereocenters. The molecule has 2 aromatic carbocycles. The first-order valence-corrected chi connectivity index (χ1v) is 10.0. The minimum absolute atomic E-state index is 0.0353. The van der Waals surface area contributed by atoms with E-state index < -0.39 is 0 Å². The maximum Gasteiger partial charge on any atom is 0.255 e. The minimum Gasteiger partial charge on any atom is -0.345 e. The number of carbonyl (C=O) groups is 1. The van der Waals surface area contributed by atoms with E-state index in [4.69, 9.17) is 0 Å². The summed E-state index contributed by atoms with van der Waals surface area (Å²) in [5.41, 5.74) is 6.73. The van der Waals surface area contributed by atoms with Crippen LogP contribution in [0.1, 0.15) is 70.5 Å². The summed E-state index contributed by atoms with van der Waals surface area (Å²) in [6.07, 6.45) is 4.35. The summed E-state index contributed by atoms with van der Waals surface area (Å²) in [5.74, 6) is 0.449. The van der Waals surface area contributed by atoms with Crippen LogP contribution in [-0.4, -0.2) is 15.7 Å². The van der Waals surface area contributed by atoms with E-state index >= 15 is 0 Å². The molecule has 0 radical (unpaired) electrons. The molecule has 1 aliphatic rings. The van der Waals surface area contributed by atoms with Crippen LogP contribution in [0.25, 0.3) is 0 Å². The fourth-order valence-corrected chi connectivity index (χ4v) is 4.02. The summed E-state index contributed by atoms with van der Waals surface area (Å²) in [6.45, 7) is 4.41. The average molecular weight is 374 g/mol. The van der Waals surface area contributed by atoms with Gasteiger partial charge in [0.25, 0.3) is 5.91 Å². The third-order valence-electron chi connectivity index (χ3n) is 5.74. The molecular formula is C24H27N3O. The Morgan fingerprint density at radius 3 is 2.75 bits per heavy atom. The van der Waals surface area contributed by atoms with Gasteiger partial charge in [0, 0.05) is 13.5 Å². The Hall–Kier alpha value is -2.88. The van der Waals surface area contributed by atoms with Gasteiger partial charge >= 0.3 is 0 Å². The van der Waals surface area contributed by atoms with Crippen LogP contribution in [0.15, 0.2) is 54.7 Å². The van der Waals surface area contributed by atoms with Crippen molar-refractivity contribution in [3.8, 4) is 0 Å². The lowest BCUT2D eigenvalue weighted by Crippen LogP contribution is -2.28. The number of nitrogens with zero attached hydrogens (tertiary/aromatic N) is 2. The van der Waals surface area contributed by atoms with Gasteiger partial charge in [0.2, 0.25) is 0 Å². The fraction of sp³-hybridized carbons (Fsp3) is 0.333. The van der Waals surface area contributed by atoms with Crippen LogP contribution >= 0.6 is 0 Å². The van der Waals surface area contributed by atoms with Crippen LogP contribution in [0, 0.1) is 0 Å². The first-order valence-electron chi connectivity index (χ1n) is 10.0. The van der Waals surface area contributed by atoms with E-state index in [2.05, 4.69) is 54.6 Å². The van der Waals surface area contributed by atoms with Crippen molar-refractivity contribution in [3.63, 3.8) is 0 Å². The highest BCUT2D eigenvalue weighted by atomic mass is 16.1. The number of amides is 1. The maximum atomic E-state index is 13.1. The Labute approximate surface area is 166 Å². The summed E-state index contributed by atoms with van der Waals surface area (Å²) in [5, 5.41) is 7.61. The molecule has 0 spiro atoms. The molecule has 1 amide bonds. The van der Waals surface area contributed by atoms with Crippen LogP contribution in [-0.2, 0) is 19.9 Å². The van der Waals surface area contributed by atoms with Gasteiger partial charge in [-0.3, -0.25) is 9.48 Å². The number of nitrogens with one attached hydrogen (secondary N) is 1. The van der Waals surface area contributed by atoms with E-state index in [-0.39, 0.29) is 11.9 Å². The molecule has 3 aromatic rings. The van der Waals surface area contributed by atoms with Crippen LogP contribution in [0.5, 0.6) is 0 Å². The predicted molar refractivity (Wildman–Crippen MR) is 112 cm³/mol. The van der Waals surface area contributed by atoms with Gasteiger partial charge in [-0.25, -0.2) is 0 Å². The second-order valence-electron chi connectivity index (χ2n) is 7.97. The summed E-state index contributed by atoms with van der Waals surface area (Å²) in [4.78, 5) is 13.1. The number of hydrogen-bond donors (Lipinski definition) is 1. The summed E-state index contributed by atoms with van der Waals surface area (Å²) < 4.78 is 1.81.